The first-order valence-corrected chi connectivity index (χ1v) is 6.06. The van der Waals surface area contributed by atoms with Crippen LogP contribution in [0.1, 0.15) is 25.8 Å². The maximum atomic E-state index is 5.86. The molecule has 2 rings (SSSR count). The number of benzene rings is 1. The molecule has 0 aromatic heterocycles. The van der Waals surface area contributed by atoms with Gasteiger partial charge < -0.3 is 4.74 Å². The summed E-state index contributed by atoms with van der Waals surface area (Å²) in [7, 11) is 2.71. The summed E-state index contributed by atoms with van der Waals surface area (Å²) in [6.07, 6.45) is 1.30. The zero-order valence-electron chi connectivity index (χ0n) is 9.71. The second kappa shape index (κ2) is 3.79. The average Bonchev–Trinajstić information content (AvgIpc) is 2.76. The summed E-state index contributed by atoms with van der Waals surface area (Å²) in [5.74, 6) is 1.77. The van der Waals surface area contributed by atoms with Crippen LogP contribution in [0.25, 0.3) is 0 Å². The van der Waals surface area contributed by atoms with Crippen molar-refractivity contribution in [3.05, 3.63) is 23.8 Å². The summed E-state index contributed by atoms with van der Waals surface area (Å²) >= 11 is 0. The van der Waals surface area contributed by atoms with Crippen molar-refractivity contribution < 1.29 is 4.74 Å². The highest BCUT2D eigenvalue weighted by Crippen LogP contribution is 2.51. The molecule has 0 saturated heterocycles. The summed E-state index contributed by atoms with van der Waals surface area (Å²) in [6.45, 7) is 7.57. The molecule has 0 amide bonds. The van der Waals surface area contributed by atoms with Gasteiger partial charge in [0.05, 0.1) is 6.61 Å². The van der Waals surface area contributed by atoms with E-state index < -0.39 is 0 Å². The van der Waals surface area contributed by atoms with Gasteiger partial charge in [0, 0.05) is 0 Å². The van der Waals surface area contributed by atoms with Crippen molar-refractivity contribution in [2.75, 3.05) is 6.61 Å². The maximum Gasteiger partial charge on any atom is 0.122 e. The second-order valence-corrected chi connectivity index (χ2v) is 5.89. The standard InChI is InChI=1S/C13H19OP/c1-9-4-5-11(15)6-12(9)14-8-10-7-13(10,2)3/h4-6,10H,7-8,15H2,1-3H3. The van der Waals surface area contributed by atoms with Gasteiger partial charge in [-0.1, -0.05) is 26.0 Å². The van der Waals surface area contributed by atoms with E-state index >= 15 is 0 Å². The van der Waals surface area contributed by atoms with E-state index in [0.29, 0.717) is 5.41 Å². The summed E-state index contributed by atoms with van der Waals surface area (Å²) < 4.78 is 5.86. The van der Waals surface area contributed by atoms with Crippen LogP contribution in [0.3, 0.4) is 0 Å². The Bertz CT molecular complexity index is 371. The smallest absolute Gasteiger partial charge is 0.122 e. The zero-order valence-corrected chi connectivity index (χ0v) is 10.9. The summed E-state index contributed by atoms with van der Waals surface area (Å²) in [4.78, 5) is 0. The van der Waals surface area contributed by atoms with Crippen LogP contribution >= 0.6 is 9.24 Å². The van der Waals surface area contributed by atoms with E-state index in [2.05, 4.69) is 48.2 Å². The first-order chi connectivity index (χ1) is 6.99. The van der Waals surface area contributed by atoms with Gasteiger partial charge in [0.1, 0.15) is 5.75 Å². The Kier molecular flexibility index (Phi) is 2.77. The Morgan fingerprint density at radius 1 is 1.47 bits per heavy atom. The molecule has 0 aliphatic heterocycles. The third kappa shape index (κ3) is 2.52. The molecular weight excluding hydrogens is 203 g/mol. The molecule has 0 heterocycles. The van der Waals surface area contributed by atoms with E-state index in [4.69, 9.17) is 4.74 Å². The Balaban J connectivity index is 1.96. The van der Waals surface area contributed by atoms with E-state index in [1.54, 1.807) is 0 Å². The predicted molar refractivity (Wildman–Crippen MR) is 67.9 cm³/mol. The lowest BCUT2D eigenvalue weighted by molar-refractivity contribution is 0.278. The van der Waals surface area contributed by atoms with Crippen LogP contribution in [0.5, 0.6) is 5.75 Å². The zero-order chi connectivity index (χ0) is 11.1. The highest BCUT2D eigenvalue weighted by molar-refractivity contribution is 7.27. The normalized spacial score (nSPS) is 22.5. The van der Waals surface area contributed by atoms with Gasteiger partial charge in [-0.15, -0.1) is 9.24 Å². The van der Waals surface area contributed by atoms with Gasteiger partial charge in [-0.2, -0.15) is 0 Å². The van der Waals surface area contributed by atoms with Gasteiger partial charge in [-0.3, -0.25) is 0 Å². The van der Waals surface area contributed by atoms with E-state index in [0.717, 1.165) is 18.3 Å². The fourth-order valence-electron chi connectivity index (χ4n) is 1.82. The van der Waals surface area contributed by atoms with E-state index in [-0.39, 0.29) is 0 Å². The van der Waals surface area contributed by atoms with Crippen molar-refractivity contribution in [1.29, 1.82) is 0 Å². The molecule has 1 aromatic rings. The first kappa shape index (κ1) is 11.0. The number of hydrogen-bond acceptors (Lipinski definition) is 1. The van der Waals surface area contributed by atoms with Crippen LogP contribution in [-0.2, 0) is 0 Å². The molecule has 1 nitrogen and oxygen atoms in total. The third-order valence-corrected chi connectivity index (χ3v) is 3.73. The molecule has 82 valence electrons. The third-order valence-electron chi connectivity index (χ3n) is 3.37. The van der Waals surface area contributed by atoms with Crippen molar-refractivity contribution in [2.45, 2.75) is 27.2 Å². The van der Waals surface area contributed by atoms with Gasteiger partial charge in [0.25, 0.3) is 0 Å². The molecule has 1 aromatic carbocycles. The van der Waals surface area contributed by atoms with Crippen molar-refractivity contribution in [3.8, 4) is 5.75 Å². The van der Waals surface area contributed by atoms with Crippen molar-refractivity contribution in [3.63, 3.8) is 0 Å². The quantitative estimate of drug-likeness (QED) is 0.714. The molecule has 1 saturated carbocycles. The van der Waals surface area contributed by atoms with Crippen molar-refractivity contribution in [1.82, 2.24) is 0 Å². The van der Waals surface area contributed by atoms with Crippen molar-refractivity contribution >= 4 is 14.5 Å². The van der Waals surface area contributed by atoms with Crippen LogP contribution in [0.4, 0.5) is 0 Å². The van der Waals surface area contributed by atoms with Crippen LogP contribution in [0.2, 0.25) is 0 Å². The van der Waals surface area contributed by atoms with Crippen LogP contribution < -0.4 is 10.0 Å². The molecule has 15 heavy (non-hydrogen) atoms. The minimum absolute atomic E-state index is 0.506. The molecule has 2 unspecified atom stereocenters. The van der Waals surface area contributed by atoms with Crippen molar-refractivity contribution in [2.24, 2.45) is 11.3 Å². The Morgan fingerprint density at radius 3 is 2.73 bits per heavy atom. The van der Waals surface area contributed by atoms with Gasteiger partial charge in [-0.25, -0.2) is 0 Å². The molecule has 1 fully saturated rings. The Morgan fingerprint density at radius 2 is 2.13 bits per heavy atom. The number of aryl methyl sites for hydroxylation is 1. The average molecular weight is 222 g/mol. The lowest BCUT2D eigenvalue weighted by Gasteiger charge is -2.10. The number of hydrogen-bond donors (Lipinski definition) is 0. The molecule has 1 aliphatic rings. The van der Waals surface area contributed by atoms with E-state index in [9.17, 15) is 0 Å². The number of ether oxygens (including phenoxy) is 1. The fraction of sp³-hybridized carbons (Fsp3) is 0.538. The van der Waals surface area contributed by atoms with Gasteiger partial charge in [0.2, 0.25) is 0 Å². The van der Waals surface area contributed by atoms with E-state index in [1.807, 2.05) is 0 Å². The van der Waals surface area contributed by atoms with Crippen LogP contribution in [-0.4, -0.2) is 6.61 Å². The molecule has 0 N–H and O–H groups in total. The molecular formula is C13H19OP. The highest BCUT2D eigenvalue weighted by atomic mass is 31.0. The summed E-state index contributed by atoms with van der Waals surface area (Å²) in [5.41, 5.74) is 1.73. The molecule has 0 radical (unpaired) electrons. The van der Waals surface area contributed by atoms with Crippen LogP contribution in [0, 0.1) is 18.3 Å². The minimum atomic E-state index is 0.506. The fourth-order valence-corrected chi connectivity index (χ4v) is 2.07. The minimum Gasteiger partial charge on any atom is -0.493 e. The lowest BCUT2D eigenvalue weighted by atomic mass is 10.1. The SMILES string of the molecule is Cc1ccc(P)cc1OCC1CC1(C)C. The molecule has 1 aliphatic carbocycles. The monoisotopic (exact) mass is 222 g/mol. The second-order valence-electron chi connectivity index (χ2n) is 5.23. The summed E-state index contributed by atoms with van der Waals surface area (Å²) in [6, 6.07) is 6.29. The Hall–Kier alpha value is -0.550. The molecule has 0 bridgehead atoms. The Labute approximate surface area is 94.4 Å². The summed E-state index contributed by atoms with van der Waals surface area (Å²) in [5, 5.41) is 1.19. The molecule has 0 spiro atoms. The maximum absolute atomic E-state index is 5.86. The molecule has 2 heteroatoms. The first-order valence-electron chi connectivity index (χ1n) is 5.48. The topological polar surface area (TPSA) is 9.23 Å². The number of rotatable bonds is 3. The van der Waals surface area contributed by atoms with E-state index in [1.165, 1.54) is 17.3 Å². The molecule has 2 atom stereocenters. The predicted octanol–water partition coefficient (Wildman–Crippen LogP) is 2.92. The van der Waals surface area contributed by atoms with Gasteiger partial charge >= 0.3 is 0 Å². The highest BCUT2D eigenvalue weighted by Gasteiger charge is 2.45. The largest absolute Gasteiger partial charge is 0.493 e. The lowest BCUT2D eigenvalue weighted by Crippen LogP contribution is -2.06. The van der Waals surface area contributed by atoms with Gasteiger partial charge in [-0.05, 0) is 41.6 Å². The van der Waals surface area contributed by atoms with Gasteiger partial charge in [0.15, 0.2) is 0 Å². The van der Waals surface area contributed by atoms with Crippen LogP contribution in [0.15, 0.2) is 18.2 Å².